The monoisotopic (exact) mass is 268 g/mol. The van der Waals surface area contributed by atoms with Gasteiger partial charge in [-0.15, -0.1) is 11.3 Å². The van der Waals surface area contributed by atoms with Crippen LogP contribution in [0.2, 0.25) is 0 Å². The Morgan fingerprint density at radius 3 is 2.41 bits per heavy atom. The van der Waals surface area contributed by atoms with E-state index < -0.39 is 9.84 Å². The molecule has 0 saturated carbocycles. The zero-order valence-corrected chi connectivity index (χ0v) is 10.9. The van der Waals surface area contributed by atoms with Crippen LogP contribution in [0.5, 0.6) is 0 Å². The van der Waals surface area contributed by atoms with Crippen molar-refractivity contribution in [2.75, 3.05) is 11.5 Å². The van der Waals surface area contributed by atoms with Crippen LogP contribution in [0.3, 0.4) is 0 Å². The largest absolute Gasteiger partial charge is 0.383 e. The highest BCUT2D eigenvalue weighted by Gasteiger charge is 2.11. The van der Waals surface area contributed by atoms with Crippen LogP contribution < -0.4 is 5.73 Å². The maximum absolute atomic E-state index is 11.6. The van der Waals surface area contributed by atoms with E-state index in [0.717, 1.165) is 10.6 Å². The number of benzene rings is 1. The maximum Gasteiger partial charge on any atom is 0.178 e. The van der Waals surface area contributed by atoms with Crippen LogP contribution in [0.1, 0.15) is 6.92 Å². The van der Waals surface area contributed by atoms with Crippen molar-refractivity contribution in [3.63, 3.8) is 0 Å². The van der Waals surface area contributed by atoms with Crippen LogP contribution in [0.15, 0.2) is 34.5 Å². The number of nitrogens with zero attached hydrogens (tertiary/aromatic N) is 1. The molecule has 0 amide bonds. The van der Waals surface area contributed by atoms with E-state index in [1.165, 1.54) is 11.3 Å². The molecule has 0 radical (unpaired) electrons. The van der Waals surface area contributed by atoms with E-state index in [0.29, 0.717) is 10.7 Å². The SMILES string of the molecule is CCS(=O)(=O)c1ccc(-c2nc(N)cs2)cc1. The fraction of sp³-hybridized carbons (Fsp3) is 0.182. The molecule has 0 atom stereocenters. The fourth-order valence-electron chi connectivity index (χ4n) is 1.39. The summed E-state index contributed by atoms with van der Waals surface area (Å²) in [6.45, 7) is 1.63. The number of hydrogen-bond donors (Lipinski definition) is 1. The molecule has 1 heterocycles. The zero-order valence-electron chi connectivity index (χ0n) is 9.25. The van der Waals surface area contributed by atoms with E-state index in [-0.39, 0.29) is 5.75 Å². The van der Waals surface area contributed by atoms with Crippen LogP contribution in [0.25, 0.3) is 10.6 Å². The molecule has 0 bridgehead atoms. The first-order valence-corrected chi connectivity index (χ1v) is 7.60. The number of anilines is 1. The van der Waals surface area contributed by atoms with Crippen LogP contribution in [-0.4, -0.2) is 19.2 Å². The Balaban J connectivity index is 2.37. The summed E-state index contributed by atoms with van der Waals surface area (Å²) in [5, 5.41) is 2.55. The highest BCUT2D eigenvalue weighted by atomic mass is 32.2. The Bertz CT molecular complexity index is 615. The average Bonchev–Trinajstić information content (AvgIpc) is 2.76. The molecule has 0 aliphatic rings. The van der Waals surface area contributed by atoms with E-state index >= 15 is 0 Å². The van der Waals surface area contributed by atoms with Gasteiger partial charge >= 0.3 is 0 Å². The van der Waals surface area contributed by atoms with Crippen LogP contribution in [-0.2, 0) is 9.84 Å². The first kappa shape index (κ1) is 12.1. The van der Waals surface area contributed by atoms with E-state index in [4.69, 9.17) is 5.73 Å². The molecular weight excluding hydrogens is 256 g/mol. The summed E-state index contributed by atoms with van der Waals surface area (Å²) in [4.78, 5) is 4.48. The summed E-state index contributed by atoms with van der Waals surface area (Å²) in [5.41, 5.74) is 6.42. The third-order valence-electron chi connectivity index (χ3n) is 2.36. The molecule has 1 aromatic heterocycles. The Morgan fingerprint density at radius 1 is 1.29 bits per heavy atom. The van der Waals surface area contributed by atoms with E-state index in [1.54, 1.807) is 36.6 Å². The molecule has 0 spiro atoms. The van der Waals surface area contributed by atoms with Gasteiger partial charge in [-0.3, -0.25) is 0 Å². The van der Waals surface area contributed by atoms with Gasteiger partial charge in [-0.25, -0.2) is 13.4 Å². The lowest BCUT2D eigenvalue weighted by atomic mass is 10.2. The Morgan fingerprint density at radius 2 is 1.94 bits per heavy atom. The maximum atomic E-state index is 11.6. The van der Waals surface area contributed by atoms with Gasteiger partial charge in [0.2, 0.25) is 0 Å². The minimum atomic E-state index is -3.13. The summed E-state index contributed by atoms with van der Waals surface area (Å²) < 4.78 is 23.2. The first-order chi connectivity index (χ1) is 8.03. The van der Waals surface area contributed by atoms with Gasteiger partial charge in [-0.2, -0.15) is 0 Å². The van der Waals surface area contributed by atoms with Crippen molar-refractivity contribution in [1.29, 1.82) is 0 Å². The fourth-order valence-corrected chi connectivity index (χ4v) is 2.99. The van der Waals surface area contributed by atoms with E-state index in [1.807, 2.05) is 0 Å². The molecule has 17 heavy (non-hydrogen) atoms. The van der Waals surface area contributed by atoms with Crippen molar-refractivity contribution in [2.24, 2.45) is 0 Å². The molecule has 0 aliphatic carbocycles. The molecular formula is C11H12N2O2S2. The topological polar surface area (TPSA) is 73.0 Å². The van der Waals surface area contributed by atoms with Crippen molar-refractivity contribution >= 4 is 27.0 Å². The predicted octanol–water partition coefficient (Wildman–Crippen LogP) is 2.19. The highest BCUT2D eigenvalue weighted by molar-refractivity contribution is 7.91. The van der Waals surface area contributed by atoms with Gasteiger partial charge in [0.25, 0.3) is 0 Å². The second kappa shape index (κ2) is 4.46. The third-order valence-corrected chi connectivity index (χ3v) is 5.02. The van der Waals surface area contributed by atoms with Crippen LogP contribution >= 0.6 is 11.3 Å². The average molecular weight is 268 g/mol. The lowest BCUT2D eigenvalue weighted by Gasteiger charge is -2.02. The number of rotatable bonds is 3. The zero-order chi connectivity index (χ0) is 12.5. The molecule has 0 unspecified atom stereocenters. The Hall–Kier alpha value is -1.40. The Kier molecular flexibility index (Phi) is 3.17. The second-order valence-corrected chi connectivity index (χ2v) is 6.64. The van der Waals surface area contributed by atoms with Gasteiger partial charge in [0.15, 0.2) is 9.84 Å². The number of sulfone groups is 1. The van der Waals surface area contributed by atoms with Crippen molar-refractivity contribution in [3.8, 4) is 10.6 Å². The smallest absolute Gasteiger partial charge is 0.178 e. The van der Waals surface area contributed by atoms with E-state index in [2.05, 4.69) is 4.98 Å². The molecule has 0 saturated heterocycles. The number of aromatic nitrogens is 1. The molecule has 1 aromatic carbocycles. The molecule has 0 aliphatic heterocycles. The number of nitrogens with two attached hydrogens (primary N) is 1. The van der Waals surface area contributed by atoms with Crippen molar-refractivity contribution in [1.82, 2.24) is 4.98 Å². The lowest BCUT2D eigenvalue weighted by Crippen LogP contribution is -2.03. The van der Waals surface area contributed by atoms with Gasteiger partial charge in [0, 0.05) is 10.9 Å². The first-order valence-electron chi connectivity index (χ1n) is 5.07. The number of thiazole rings is 1. The third kappa shape index (κ3) is 2.48. The van der Waals surface area contributed by atoms with Gasteiger partial charge < -0.3 is 5.73 Å². The van der Waals surface area contributed by atoms with Gasteiger partial charge in [-0.05, 0) is 12.1 Å². The summed E-state index contributed by atoms with van der Waals surface area (Å²) in [5.74, 6) is 0.589. The molecule has 2 aromatic rings. The van der Waals surface area contributed by atoms with E-state index in [9.17, 15) is 8.42 Å². The molecule has 2 N–H and O–H groups in total. The number of nitrogen functional groups attached to an aromatic ring is 1. The van der Waals surface area contributed by atoms with Crippen LogP contribution in [0.4, 0.5) is 5.82 Å². The highest BCUT2D eigenvalue weighted by Crippen LogP contribution is 2.25. The molecule has 2 rings (SSSR count). The summed E-state index contributed by atoms with van der Waals surface area (Å²) >= 11 is 1.44. The van der Waals surface area contributed by atoms with Gasteiger partial charge in [0.1, 0.15) is 10.8 Å². The second-order valence-electron chi connectivity index (χ2n) is 3.51. The molecule has 6 heteroatoms. The minimum absolute atomic E-state index is 0.108. The number of hydrogen-bond acceptors (Lipinski definition) is 5. The molecule has 90 valence electrons. The van der Waals surface area contributed by atoms with Crippen molar-refractivity contribution in [3.05, 3.63) is 29.6 Å². The summed E-state index contributed by atoms with van der Waals surface area (Å²) in [6.07, 6.45) is 0. The normalized spacial score (nSPS) is 11.6. The van der Waals surface area contributed by atoms with Crippen molar-refractivity contribution < 1.29 is 8.42 Å². The molecule has 4 nitrogen and oxygen atoms in total. The standard InChI is InChI=1S/C11H12N2O2S2/c1-2-17(14,15)9-5-3-8(4-6-9)11-13-10(12)7-16-11/h3-7H,2,12H2,1H3. The Labute approximate surface area is 104 Å². The summed E-state index contributed by atoms with van der Waals surface area (Å²) in [7, 11) is -3.13. The quantitative estimate of drug-likeness (QED) is 0.926. The lowest BCUT2D eigenvalue weighted by molar-refractivity contribution is 0.597. The van der Waals surface area contributed by atoms with Gasteiger partial charge in [-0.1, -0.05) is 19.1 Å². The van der Waals surface area contributed by atoms with Gasteiger partial charge in [0.05, 0.1) is 10.6 Å². The van der Waals surface area contributed by atoms with Crippen molar-refractivity contribution in [2.45, 2.75) is 11.8 Å². The predicted molar refractivity (Wildman–Crippen MR) is 69.7 cm³/mol. The van der Waals surface area contributed by atoms with Crippen LogP contribution in [0, 0.1) is 0 Å². The summed E-state index contributed by atoms with van der Waals surface area (Å²) in [6, 6.07) is 6.71. The molecule has 0 fully saturated rings. The minimum Gasteiger partial charge on any atom is -0.383 e.